The van der Waals surface area contributed by atoms with Gasteiger partial charge in [0, 0.05) is 29.1 Å². The highest BCUT2D eigenvalue weighted by molar-refractivity contribution is 7.90. The number of benzene rings is 2. The normalized spacial score (nSPS) is 14.7. The van der Waals surface area contributed by atoms with Gasteiger partial charge in [-0.15, -0.1) is 11.3 Å². The van der Waals surface area contributed by atoms with Crippen molar-refractivity contribution in [2.24, 2.45) is 0 Å². The Kier molecular flexibility index (Phi) is 6.24. The molecule has 0 saturated heterocycles. The molecule has 1 amide bonds. The molecule has 0 N–H and O–H groups in total. The van der Waals surface area contributed by atoms with Crippen LogP contribution in [0.2, 0.25) is 0 Å². The van der Waals surface area contributed by atoms with E-state index in [1.54, 1.807) is 11.3 Å². The Morgan fingerprint density at radius 2 is 1.76 bits per heavy atom. The molecule has 2 heterocycles. The molecule has 0 bridgehead atoms. The average molecular weight is 510 g/mol. The maximum Gasteiger partial charge on any atom is 0.425 e. The predicted molar refractivity (Wildman–Crippen MR) is 124 cm³/mol. The van der Waals surface area contributed by atoms with Crippen molar-refractivity contribution in [1.82, 2.24) is 4.90 Å². The zero-order chi connectivity index (χ0) is 24.8. The van der Waals surface area contributed by atoms with Gasteiger partial charge in [0.05, 0.1) is 10.5 Å². The first-order valence-corrected chi connectivity index (χ1v) is 13.1. The molecule has 0 fully saturated rings. The van der Waals surface area contributed by atoms with Crippen LogP contribution in [0.1, 0.15) is 33.3 Å². The fourth-order valence-electron chi connectivity index (χ4n) is 3.72. The van der Waals surface area contributed by atoms with E-state index in [0.717, 1.165) is 52.9 Å². The Bertz CT molecular complexity index is 1360. The number of nitrogens with zero attached hydrogens (tertiary/aromatic N) is 1. The number of hydrogen-bond donors (Lipinski definition) is 0. The number of ether oxygens (including phenoxy) is 1. The first-order valence-electron chi connectivity index (χ1n) is 10.4. The van der Waals surface area contributed by atoms with Gasteiger partial charge in [-0.2, -0.15) is 13.2 Å². The number of amides is 1. The standard InChI is InChI=1S/C24H22F3NO4S2/c1-14-4-9-22(33-14)16-5-6-17-12-28(13-18(17)10-16)23(29)20-11-19(34(3,30)31)7-8-21(20)32-15(2)24(25,26)27/h4-11,15H,12-13H2,1-3H3/t15-/m0/s1. The monoisotopic (exact) mass is 509 g/mol. The van der Waals surface area contributed by atoms with Gasteiger partial charge in [0.1, 0.15) is 5.75 Å². The minimum atomic E-state index is -4.64. The minimum absolute atomic E-state index is 0.171. The van der Waals surface area contributed by atoms with Crippen molar-refractivity contribution in [1.29, 1.82) is 0 Å². The Morgan fingerprint density at radius 1 is 1.06 bits per heavy atom. The fraction of sp³-hybridized carbons (Fsp3) is 0.292. The molecule has 0 aliphatic carbocycles. The number of hydrogen-bond acceptors (Lipinski definition) is 5. The summed E-state index contributed by atoms with van der Waals surface area (Å²) in [6.45, 7) is 3.36. The molecule has 1 atom stereocenters. The third-order valence-electron chi connectivity index (χ3n) is 5.62. The minimum Gasteiger partial charge on any atom is -0.480 e. The van der Waals surface area contributed by atoms with E-state index < -0.39 is 28.0 Å². The van der Waals surface area contributed by atoms with E-state index in [-0.39, 0.29) is 29.3 Å². The lowest BCUT2D eigenvalue weighted by Crippen LogP contribution is -2.32. The summed E-state index contributed by atoms with van der Waals surface area (Å²) in [7, 11) is -3.69. The number of halogens is 3. The Balaban J connectivity index is 1.65. The van der Waals surface area contributed by atoms with Gasteiger partial charge in [-0.25, -0.2) is 8.42 Å². The fourth-order valence-corrected chi connectivity index (χ4v) is 5.23. The van der Waals surface area contributed by atoms with Gasteiger partial charge in [-0.05, 0) is 66.9 Å². The van der Waals surface area contributed by atoms with Crippen molar-refractivity contribution < 1.29 is 31.1 Å². The van der Waals surface area contributed by atoms with E-state index >= 15 is 0 Å². The molecule has 34 heavy (non-hydrogen) atoms. The van der Waals surface area contributed by atoms with Crippen LogP contribution in [0.5, 0.6) is 5.75 Å². The van der Waals surface area contributed by atoms with E-state index in [2.05, 4.69) is 0 Å². The van der Waals surface area contributed by atoms with Gasteiger partial charge in [0.25, 0.3) is 5.91 Å². The molecule has 4 rings (SSSR count). The van der Waals surface area contributed by atoms with Crippen LogP contribution in [0.15, 0.2) is 53.4 Å². The van der Waals surface area contributed by atoms with Crippen LogP contribution in [-0.4, -0.2) is 37.8 Å². The number of sulfone groups is 1. The van der Waals surface area contributed by atoms with Crippen molar-refractivity contribution in [3.8, 4) is 16.2 Å². The molecule has 5 nitrogen and oxygen atoms in total. The Labute approximate surface area is 199 Å². The SMILES string of the molecule is Cc1ccc(-c2ccc3c(c2)CN(C(=O)c2cc(S(C)(=O)=O)ccc2O[C@@H](C)C(F)(F)F)C3)s1. The largest absolute Gasteiger partial charge is 0.480 e. The van der Waals surface area contributed by atoms with Crippen molar-refractivity contribution >= 4 is 27.1 Å². The summed E-state index contributed by atoms with van der Waals surface area (Å²) in [5, 5.41) is 0. The molecule has 1 aliphatic heterocycles. The average Bonchev–Trinajstić information content (AvgIpc) is 3.37. The zero-order valence-electron chi connectivity index (χ0n) is 18.6. The first kappa shape index (κ1) is 24.3. The quantitative estimate of drug-likeness (QED) is 0.448. The van der Waals surface area contributed by atoms with Crippen molar-refractivity contribution in [3.05, 3.63) is 70.1 Å². The highest BCUT2D eigenvalue weighted by Gasteiger charge is 2.39. The van der Waals surface area contributed by atoms with Crippen LogP contribution in [-0.2, 0) is 22.9 Å². The molecule has 0 saturated carbocycles. The molecule has 3 aromatic rings. The number of rotatable bonds is 5. The Hall–Kier alpha value is -2.85. The van der Waals surface area contributed by atoms with Gasteiger partial charge in [0.15, 0.2) is 15.9 Å². The van der Waals surface area contributed by atoms with Gasteiger partial charge in [0.2, 0.25) is 0 Å². The molecule has 180 valence electrons. The lowest BCUT2D eigenvalue weighted by Gasteiger charge is -2.22. The topological polar surface area (TPSA) is 63.7 Å². The van der Waals surface area contributed by atoms with Crippen LogP contribution in [0.4, 0.5) is 13.2 Å². The Morgan fingerprint density at radius 3 is 2.38 bits per heavy atom. The maximum absolute atomic E-state index is 13.4. The van der Waals surface area contributed by atoms with Crippen molar-refractivity contribution in [3.63, 3.8) is 0 Å². The lowest BCUT2D eigenvalue weighted by atomic mass is 10.1. The summed E-state index contributed by atoms with van der Waals surface area (Å²) in [6, 6.07) is 13.3. The van der Waals surface area contributed by atoms with Crippen LogP contribution >= 0.6 is 11.3 Å². The van der Waals surface area contributed by atoms with Gasteiger partial charge in [-0.3, -0.25) is 4.79 Å². The number of alkyl halides is 3. The smallest absolute Gasteiger partial charge is 0.425 e. The second-order valence-electron chi connectivity index (χ2n) is 8.29. The molecular weight excluding hydrogens is 487 g/mol. The summed E-state index contributed by atoms with van der Waals surface area (Å²) in [5.74, 6) is -0.910. The summed E-state index contributed by atoms with van der Waals surface area (Å²) in [4.78, 5) is 17.0. The zero-order valence-corrected chi connectivity index (χ0v) is 20.3. The van der Waals surface area contributed by atoms with Crippen LogP contribution in [0.25, 0.3) is 10.4 Å². The highest BCUT2D eigenvalue weighted by atomic mass is 32.2. The predicted octanol–water partition coefficient (Wildman–Crippen LogP) is 5.61. The van der Waals surface area contributed by atoms with Gasteiger partial charge >= 0.3 is 6.18 Å². The number of fused-ring (bicyclic) bond motifs is 1. The molecule has 0 spiro atoms. The van der Waals surface area contributed by atoms with E-state index in [4.69, 9.17) is 4.74 Å². The summed E-state index contributed by atoms with van der Waals surface area (Å²) < 4.78 is 68.3. The number of thiophene rings is 1. The highest BCUT2D eigenvalue weighted by Crippen LogP contribution is 2.35. The van der Waals surface area contributed by atoms with Gasteiger partial charge in [-0.1, -0.05) is 12.1 Å². The van der Waals surface area contributed by atoms with Gasteiger partial charge < -0.3 is 9.64 Å². The van der Waals surface area contributed by atoms with Crippen LogP contribution in [0, 0.1) is 6.92 Å². The van der Waals surface area contributed by atoms with Crippen molar-refractivity contribution in [2.75, 3.05) is 6.26 Å². The lowest BCUT2D eigenvalue weighted by molar-refractivity contribution is -0.189. The van der Waals surface area contributed by atoms with Crippen molar-refractivity contribution in [2.45, 2.75) is 44.1 Å². The van der Waals surface area contributed by atoms with E-state index in [1.807, 2.05) is 37.3 Å². The molecule has 0 unspecified atom stereocenters. The molecule has 1 aliphatic rings. The second kappa shape index (κ2) is 8.74. The van der Waals surface area contributed by atoms with E-state index in [1.165, 1.54) is 9.78 Å². The first-order chi connectivity index (χ1) is 15.8. The van der Waals surface area contributed by atoms with Crippen LogP contribution < -0.4 is 4.74 Å². The van der Waals surface area contributed by atoms with E-state index in [9.17, 15) is 26.4 Å². The summed E-state index contributed by atoms with van der Waals surface area (Å²) >= 11 is 1.66. The summed E-state index contributed by atoms with van der Waals surface area (Å²) in [6.07, 6.45) is -5.85. The number of carbonyl (C=O) groups is 1. The van der Waals surface area contributed by atoms with E-state index in [0.29, 0.717) is 0 Å². The third-order valence-corrected chi connectivity index (χ3v) is 7.78. The molecule has 1 aromatic heterocycles. The van der Waals surface area contributed by atoms with Crippen LogP contribution in [0.3, 0.4) is 0 Å². The molecule has 2 aromatic carbocycles. The molecular formula is C24H22F3NO4S2. The maximum atomic E-state index is 13.4. The second-order valence-corrected chi connectivity index (χ2v) is 11.6. The third kappa shape index (κ3) is 4.97. The number of carbonyl (C=O) groups excluding carboxylic acids is 1. The summed E-state index contributed by atoms with van der Waals surface area (Å²) in [5.41, 5.74) is 2.66. The molecule has 10 heteroatoms. The molecule has 0 radical (unpaired) electrons. The number of aryl methyl sites for hydroxylation is 1.